The molecule has 1 aliphatic rings. The average molecular weight is 276 g/mol. The fourth-order valence-electron chi connectivity index (χ4n) is 1.59. The van der Waals surface area contributed by atoms with Gasteiger partial charge in [-0.15, -0.1) is 0 Å². The van der Waals surface area contributed by atoms with E-state index in [0.29, 0.717) is 23.3 Å². The molecule has 1 aromatic carbocycles. The first-order valence-electron chi connectivity index (χ1n) is 4.30. The molecule has 0 atom stereocenters. The minimum Gasteiger partial charge on any atom is -0.207 e. The molecule has 0 amide bonds. The Morgan fingerprint density at radius 2 is 2.07 bits per heavy atom. The van der Waals surface area contributed by atoms with Crippen LogP contribution in [0.5, 0.6) is 0 Å². The Morgan fingerprint density at radius 1 is 1.36 bits per heavy atom. The molecule has 2 rings (SSSR count). The largest absolute Gasteiger partial charge is 0.243 e. The highest BCUT2D eigenvalue weighted by Gasteiger charge is 2.33. The molecule has 1 heterocycles. The molecule has 1 aromatic rings. The number of fused-ring (bicyclic) bond motifs is 1. The molecular formula is C9H10BrNO2S. The van der Waals surface area contributed by atoms with Crippen molar-refractivity contribution in [2.45, 2.75) is 11.4 Å². The van der Waals surface area contributed by atoms with Crippen LogP contribution in [0.3, 0.4) is 0 Å². The highest BCUT2D eigenvalue weighted by atomic mass is 79.9. The number of nitrogens with zero attached hydrogens (tertiary/aromatic N) is 1. The van der Waals surface area contributed by atoms with Crippen molar-refractivity contribution in [3.8, 4) is 0 Å². The Bertz CT molecular complexity index is 444. The van der Waals surface area contributed by atoms with Crippen LogP contribution in [0.15, 0.2) is 29.2 Å². The van der Waals surface area contributed by atoms with Crippen LogP contribution in [0.4, 0.5) is 0 Å². The molecule has 3 nitrogen and oxygen atoms in total. The number of alkyl halides is 1. The van der Waals surface area contributed by atoms with Crippen LogP contribution >= 0.6 is 15.9 Å². The SMILES string of the molecule is O=S1(=O)c2ccccc2CN1CCBr. The monoisotopic (exact) mass is 275 g/mol. The van der Waals surface area contributed by atoms with Crippen LogP contribution in [-0.2, 0) is 16.6 Å². The second kappa shape index (κ2) is 3.64. The zero-order valence-corrected chi connectivity index (χ0v) is 9.88. The second-order valence-corrected chi connectivity index (χ2v) is 5.83. The van der Waals surface area contributed by atoms with Crippen LogP contribution < -0.4 is 0 Å². The van der Waals surface area contributed by atoms with Crippen molar-refractivity contribution in [2.24, 2.45) is 0 Å². The van der Waals surface area contributed by atoms with Gasteiger partial charge in [0, 0.05) is 18.4 Å². The summed E-state index contributed by atoms with van der Waals surface area (Å²) in [5.74, 6) is 0. The molecule has 5 heteroatoms. The fraction of sp³-hybridized carbons (Fsp3) is 0.333. The van der Waals surface area contributed by atoms with Crippen molar-refractivity contribution >= 4 is 26.0 Å². The van der Waals surface area contributed by atoms with Gasteiger partial charge >= 0.3 is 0 Å². The van der Waals surface area contributed by atoms with E-state index >= 15 is 0 Å². The van der Waals surface area contributed by atoms with Gasteiger partial charge in [-0.05, 0) is 11.6 Å². The van der Waals surface area contributed by atoms with Gasteiger partial charge in [0.05, 0.1) is 4.90 Å². The number of rotatable bonds is 2. The molecule has 0 bridgehead atoms. The van der Waals surface area contributed by atoms with Crippen LogP contribution in [0, 0.1) is 0 Å². The maximum atomic E-state index is 11.9. The van der Waals surface area contributed by atoms with Crippen molar-refractivity contribution in [3.63, 3.8) is 0 Å². The van der Waals surface area contributed by atoms with Crippen molar-refractivity contribution < 1.29 is 8.42 Å². The summed E-state index contributed by atoms with van der Waals surface area (Å²) >= 11 is 3.25. The summed E-state index contributed by atoms with van der Waals surface area (Å²) in [6.07, 6.45) is 0. The zero-order chi connectivity index (χ0) is 10.2. The summed E-state index contributed by atoms with van der Waals surface area (Å²) in [7, 11) is -3.21. The van der Waals surface area contributed by atoms with Crippen LogP contribution in [0.2, 0.25) is 0 Å². The minimum atomic E-state index is -3.21. The number of benzene rings is 1. The second-order valence-electron chi connectivity index (χ2n) is 3.14. The van der Waals surface area contributed by atoms with E-state index in [9.17, 15) is 8.42 Å². The summed E-state index contributed by atoms with van der Waals surface area (Å²) in [5.41, 5.74) is 0.897. The molecule has 0 saturated carbocycles. The quantitative estimate of drug-likeness (QED) is 0.769. The van der Waals surface area contributed by atoms with Gasteiger partial charge in [0.15, 0.2) is 0 Å². The Hall–Kier alpha value is -0.390. The molecule has 1 aliphatic heterocycles. The summed E-state index contributed by atoms with van der Waals surface area (Å²) in [5, 5.41) is 0.667. The molecule has 0 spiro atoms. The van der Waals surface area contributed by atoms with E-state index in [1.165, 1.54) is 4.31 Å². The number of hydrogen-bond donors (Lipinski definition) is 0. The van der Waals surface area contributed by atoms with Gasteiger partial charge in [-0.3, -0.25) is 0 Å². The summed E-state index contributed by atoms with van der Waals surface area (Å²) in [4.78, 5) is 0.459. The summed E-state index contributed by atoms with van der Waals surface area (Å²) in [6.45, 7) is 1.03. The van der Waals surface area contributed by atoms with Crippen LogP contribution in [0.1, 0.15) is 5.56 Å². The van der Waals surface area contributed by atoms with E-state index in [2.05, 4.69) is 15.9 Å². The van der Waals surface area contributed by atoms with Gasteiger partial charge in [0.1, 0.15) is 0 Å². The molecule has 0 saturated heterocycles. The summed E-state index contributed by atoms with van der Waals surface area (Å²) < 4.78 is 25.3. The van der Waals surface area contributed by atoms with Crippen molar-refractivity contribution in [3.05, 3.63) is 29.8 Å². The highest BCUT2D eigenvalue weighted by Crippen LogP contribution is 2.29. The van der Waals surface area contributed by atoms with Crippen molar-refractivity contribution in [1.82, 2.24) is 4.31 Å². The van der Waals surface area contributed by atoms with E-state index in [0.717, 1.165) is 5.56 Å². The summed E-state index contributed by atoms with van der Waals surface area (Å²) in [6, 6.07) is 7.15. The Morgan fingerprint density at radius 3 is 2.71 bits per heavy atom. The Balaban J connectivity index is 2.46. The Kier molecular flexibility index (Phi) is 2.64. The molecule has 0 N–H and O–H groups in total. The van der Waals surface area contributed by atoms with Crippen LogP contribution in [-0.4, -0.2) is 24.6 Å². The third kappa shape index (κ3) is 1.49. The molecular weight excluding hydrogens is 266 g/mol. The van der Waals surface area contributed by atoms with E-state index in [1.807, 2.05) is 12.1 Å². The van der Waals surface area contributed by atoms with E-state index in [1.54, 1.807) is 12.1 Å². The number of hydrogen-bond acceptors (Lipinski definition) is 2. The van der Waals surface area contributed by atoms with Gasteiger partial charge in [-0.1, -0.05) is 34.1 Å². The predicted octanol–water partition coefficient (Wildman–Crippen LogP) is 1.59. The van der Waals surface area contributed by atoms with Crippen molar-refractivity contribution in [1.29, 1.82) is 0 Å². The molecule has 0 aliphatic carbocycles. The average Bonchev–Trinajstić information content (AvgIpc) is 2.41. The first kappa shape index (κ1) is 10.1. The smallest absolute Gasteiger partial charge is 0.207 e. The highest BCUT2D eigenvalue weighted by molar-refractivity contribution is 9.09. The van der Waals surface area contributed by atoms with Gasteiger partial charge in [0.25, 0.3) is 0 Å². The zero-order valence-electron chi connectivity index (χ0n) is 7.48. The lowest BCUT2D eigenvalue weighted by Gasteiger charge is -2.11. The first-order valence-corrected chi connectivity index (χ1v) is 6.86. The normalized spacial score (nSPS) is 19.5. The van der Waals surface area contributed by atoms with Gasteiger partial charge in [0.2, 0.25) is 10.0 Å². The molecule has 76 valence electrons. The topological polar surface area (TPSA) is 37.4 Å². The molecule has 0 aromatic heterocycles. The molecule has 0 fully saturated rings. The van der Waals surface area contributed by atoms with Gasteiger partial charge in [-0.25, -0.2) is 8.42 Å². The van der Waals surface area contributed by atoms with E-state index < -0.39 is 10.0 Å². The lowest BCUT2D eigenvalue weighted by Crippen LogP contribution is -2.26. The number of sulfonamides is 1. The standard InChI is InChI=1S/C9H10BrNO2S/c10-5-6-11-7-8-3-1-2-4-9(8)14(11,12)13/h1-4H,5-7H2. The molecule has 14 heavy (non-hydrogen) atoms. The lowest BCUT2D eigenvalue weighted by molar-refractivity contribution is 0.447. The maximum absolute atomic E-state index is 11.9. The molecule has 0 unspecified atom stereocenters. The van der Waals surface area contributed by atoms with E-state index in [-0.39, 0.29) is 0 Å². The van der Waals surface area contributed by atoms with Gasteiger partial charge < -0.3 is 0 Å². The van der Waals surface area contributed by atoms with Crippen LogP contribution in [0.25, 0.3) is 0 Å². The number of halogens is 1. The maximum Gasteiger partial charge on any atom is 0.243 e. The Labute approximate surface area is 91.9 Å². The van der Waals surface area contributed by atoms with Gasteiger partial charge in [-0.2, -0.15) is 4.31 Å². The molecule has 0 radical (unpaired) electrons. The van der Waals surface area contributed by atoms with E-state index in [4.69, 9.17) is 0 Å². The van der Waals surface area contributed by atoms with Crippen molar-refractivity contribution in [2.75, 3.05) is 11.9 Å². The third-order valence-corrected chi connectivity index (χ3v) is 4.57. The third-order valence-electron chi connectivity index (χ3n) is 2.27. The predicted molar refractivity (Wildman–Crippen MR) is 57.8 cm³/mol. The first-order chi connectivity index (χ1) is 6.66. The fourth-order valence-corrected chi connectivity index (χ4v) is 3.89. The minimum absolute atomic E-state index is 0.459. The lowest BCUT2D eigenvalue weighted by atomic mass is 10.2.